The first-order chi connectivity index (χ1) is 10.1. The van der Waals surface area contributed by atoms with Gasteiger partial charge in [-0.1, -0.05) is 43.6 Å². The molecule has 0 saturated carbocycles. The highest BCUT2D eigenvalue weighted by molar-refractivity contribution is 6.31. The van der Waals surface area contributed by atoms with Crippen molar-refractivity contribution >= 4 is 11.6 Å². The van der Waals surface area contributed by atoms with Crippen LogP contribution in [0.25, 0.3) is 0 Å². The van der Waals surface area contributed by atoms with E-state index in [-0.39, 0.29) is 0 Å². The zero-order valence-corrected chi connectivity index (χ0v) is 14.1. The van der Waals surface area contributed by atoms with Gasteiger partial charge in [0.05, 0.1) is 12.7 Å². The van der Waals surface area contributed by atoms with Crippen molar-refractivity contribution in [3.63, 3.8) is 0 Å². The Balaban J connectivity index is 2.61. The number of hydrogen-bond donors (Lipinski definition) is 1. The second kappa shape index (κ2) is 10.2. The lowest BCUT2D eigenvalue weighted by molar-refractivity contribution is 0.0904. The van der Waals surface area contributed by atoms with Crippen LogP contribution >= 0.6 is 11.6 Å². The molecule has 0 bridgehead atoms. The number of aliphatic hydroxyl groups is 1. The quantitative estimate of drug-likeness (QED) is 0.711. The van der Waals surface area contributed by atoms with E-state index < -0.39 is 6.10 Å². The summed E-state index contributed by atoms with van der Waals surface area (Å²) in [4.78, 5) is 2.41. The average Bonchev–Trinajstić information content (AvgIpc) is 2.50. The SMILES string of the molecule is CCC(CC)N(CCOC)CCC(O)c1ccccc1Cl. The summed E-state index contributed by atoms with van der Waals surface area (Å²) in [7, 11) is 1.73. The van der Waals surface area contributed by atoms with E-state index >= 15 is 0 Å². The highest BCUT2D eigenvalue weighted by Gasteiger charge is 2.18. The third-order valence-corrected chi connectivity index (χ3v) is 4.34. The number of ether oxygens (including phenoxy) is 1. The van der Waals surface area contributed by atoms with Crippen LogP contribution in [0.5, 0.6) is 0 Å². The van der Waals surface area contributed by atoms with Crippen molar-refractivity contribution in [1.82, 2.24) is 4.90 Å². The molecule has 120 valence electrons. The van der Waals surface area contributed by atoms with Gasteiger partial charge in [0.15, 0.2) is 0 Å². The van der Waals surface area contributed by atoms with Crippen LogP contribution in [0.3, 0.4) is 0 Å². The normalized spacial score (nSPS) is 13.1. The molecule has 1 unspecified atom stereocenters. The minimum absolute atomic E-state index is 0.516. The monoisotopic (exact) mass is 313 g/mol. The second-order valence-electron chi connectivity index (χ2n) is 5.33. The van der Waals surface area contributed by atoms with Crippen LogP contribution < -0.4 is 0 Å². The van der Waals surface area contributed by atoms with Gasteiger partial charge in [0.2, 0.25) is 0 Å². The van der Waals surface area contributed by atoms with Gasteiger partial charge in [-0.25, -0.2) is 0 Å². The number of nitrogens with zero attached hydrogens (tertiary/aromatic N) is 1. The van der Waals surface area contributed by atoms with E-state index in [9.17, 15) is 5.11 Å². The largest absolute Gasteiger partial charge is 0.388 e. The fraction of sp³-hybridized carbons (Fsp3) is 0.647. The van der Waals surface area contributed by atoms with Crippen LogP contribution in [-0.4, -0.2) is 42.9 Å². The van der Waals surface area contributed by atoms with Crippen molar-refractivity contribution in [3.05, 3.63) is 34.9 Å². The van der Waals surface area contributed by atoms with Crippen molar-refractivity contribution in [1.29, 1.82) is 0 Å². The number of aliphatic hydroxyl groups excluding tert-OH is 1. The highest BCUT2D eigenvalue weighted by Crippen LogP contribution is 2.25. The third kappa shape index (κ3) is 5.95. The Kier molecular flexibility index (Phi) is 8.93. The first-order valence-corrected chi connectivity index (χ1v) is 8.17. The maximum absolute atomic E-state index is 10.4. The van der Waals surface area contributed by atoms with Gasteiger partial charge in [-0.15, -0.1) is 0 Å². The molecule has 0 aliphatic rings. The maximum Gasteiger partial charge on any atom is 0.0816 e. The zero-order chi connectivity index (χ0) is 15.7. The van der Waals surface area contributed by atoms with Crippen molar-refractivity contribution in [2.75, 3.05) is 26.8 Å². The van der Waals surface area contributed by atoms with E-state index in [1.54, 1.807) is 7.11 Å². The molecule has 0 spiro atoms. The maximum atomic E-state index is 10.4. The first kappa shape index (κ1) is 18.4. The van der Waals surface area contributed by atoms with E-state index in [0.29, 0.717) is 17.5 Å². The lowest BCUT2D eigenvalue weighted by Gasteiger charge is -2.31. The molecule has 21 heavy (non-hydrogen) atoms. The summed E-state index contributed by atoms with van der Waals surface area (Å²) in [5.41, 5.74) is 0.815. The molecule has 1 aromatic carbocycles. The molecule has 1 rings (SSSR count). The van der Waals surface area contributed by atoms with Crippen LogP contribution in [-0.2, 0) is 4.74 Å². The minimum Gasteiger partial charge on any atom is -0.388 e. The van der Waals surface area contributed by atoms with Gasteiger partial charge in [-0.2, -0.15) is 0 Å². The first-order valence-electron chi connectivity index (χ1n) is 7.79. The Bertz CT molecular complexity index is 396. The van der Waals surface area contributed by atoms with Crippen molar-refractivity contribution in [2.24, 2.45) is 0 Å². The molecule has 1 N–H and O–H groups in total. The fourth-order valence-electron chi connectivity index (χ4n) is 2.68. The number of benzene rings is 1. The number of methoxy groups -OCH3 is 1. The van der Waals surface area contributed by atoms with Crippen LogP contribution in [0.4, 0.5) is 0 Å². The van der Waals surface area contributed by atoms with Gasteiger partial charge in [-0.05, 0) is 30.9 Å². The lowest BCUT2D eigenvalue weighted by atomic mass is 10.0. The van der Waals surface area contributed by atoms with Crippen LogP contribution in [0.1, 0.15) is 44.8 Å². The van der Waals surface area contributed by atoms with Gasteiger partial charge in [-0.3, -0.25) is 4.90 Å². The molecular formula is C17H28ClNO2. The standard InChI is InChI=1S/C17H28ClNO2/c1-4-14(5-2)19(12-13-21-3)11-10-17(20)15-8-6-7-9-16(15)18/h6-9,14,17,20H,4-5,10-13H2,1-3H3. The molecular weight excluding hydrogens is 286 g/mol. The zero-order valence-electron chi connectivity index (χ0n) is 13.4. The molecule has 0 aliphatic heterocycles. The van der Waals surface area contributed by atoms with Gasteiger partial charge >= 0.3 is 0 Å². The minimum atomic E-state index is -0.516. The molecule has 0 aromatic heterocycles. The number of halogens is 1. The molecule has 1 aromatic rings. The molecule has 3 nitrogen and oxygen atoms in total. The summed E-state index contributed by atoms with van der Waals surface area (Å²) in [6, 6.07) is 8.05. The summed E-state index contributed by atoms with van der Waals surface area (Å²) in [6.07, 6.45) is 2.40. The summed E-state index contributed by atoms with van der Waals surface area (Å²) >= 11 is 6.14. The Morgan fingerprint density at radius 1 is 1.19 bits per heavy atom. The predicted molar refractivity (Wildman–Crippen MR) is 88.8 cm³/mol. The van der Waals surface area contributed by atoms with Crippen molar-refractivity contribution in [3.8, 4) is 0 Å². The molecule has 0 amide bonds. The van der Waals surface area contributed by atoms with E-state index in [0.717, 1.165) is 38.1 Å². The summed E-state index contributed by atoms with van der Waals surface area (Å²) < 4.78 is 5.20. The predicted octanol–water partition coefficient (Wildman–Crippen LogP) is 3.90. The van der Waals surface area contributed by atoms with Gasteiger partial charge < -0.3 is 9.84 Å². The van der Waals surface area contributed by atoms with E-state index in [4.69, 9.17) is 16.3 Å². The highest BCUT2D eigenvalue weighted by atomic mass is 35.5. The molecule has 0 fully saturated rings. The second-order valence-corrected chi connectivity index (χ2v) is 5.73. The Morgan fingerprint density at radius 3 is 2.43 bits per heavy atom. The summed E-state index contributed by atoms with van der Waals surface area (Å²) in [5, 5.41) is 11.0. The topological polar surface area (TPSA) is 32.7 Å². The van der Waals surface area contributed by atoms with Crippen LogP contribution in [0.15, 0.2) is 24.3 Å². The summed E-state index contributed by atoms with van der Waals surface area (Å²) in [6.45, 7) is 6.88. The smallest absolute Gasteiger partial charge is 0.0816 e. The van der Waals surface area contributed by atoms with Gasteiger partial charge in [0.25, 0.3) is 0 Å². The lowest BCUT2D eigenvalue weighted by Crippen LogP contribution is -2.38. The van der Waals surface area contributed by atoms with E-state index in [1.165, 1.54) is 0 Å². The third-order valence-electron chi connectivity index (χ3n) is 4.00. The molecule has 0 saturated heterocycles. The molecule has 4 heteroatoms. The average molecular weight is 314 g/mol. The van der Waals surface area contributed by atoms with Gasteiger partial charge in [0.1, 0.15) is 0 Å². The Hall–Kier alpha value is -0.610. The van der Waals surface area contributed by atoms with Crippen molar-refractivity contribution in [2.45, 2.75) is 45.3 Å². The number of hydrogen-bond acceptors (Lipinski definition) is 3. The Labute approximate surface area is 133 Å². The Morgan fingerprint density at radius 2 is 1.86 bits per heavy atom. The van der Waals surface area contributed by atoms with E-state index in [1.807, 2.05) is 24.3 Å². The fourth-order valence-corrected chi connectivity index (χ4v) is 2.94. The van der Waals surface area contributed by atoms with Crippen LogP contribution in [0, 0.1) is 0 Å². The number of rotatable bonds is 10. The van der Waals surface area contributed by atoms with Crippen molar-refractivity contribution < 1.29 is 9.84 Å². The van der Waals surface area contributed by atoms with E-state index in [2.05, 4.69) is 18.7 Å². The van der Waals surface area contributed by atoms with Gasteiger partial charge in [0, 0.05) is 31.3 Å². The molecule has 1 atom stereocenters. The summed E-state index contributed by atoms with van der Waals surface area (Å²) in [5.74, 6) is 0. The molecule has 0 radical (unpaired) electrons. The van der Waals surface area contributed by atoms with Crippen LogP contribution in [0.2, 0.25) is 5.02 Å². The molecule has 0 aliphatic carbocycles. The molecule has 0 heterocycles.